The maximum absolute atomic E-state index is 12.3. The van der Waals surface area contributed by atoms with Crippen LogP contribution in [0.2, 0.25) is 0 Å². The van der Waals surface area contributed by atoms with Gasteiger partial charge >= 0.3 is 0 Å². The number of hydrogen-bond donors (Lipinski definition) is 2. The minimum Gasteiger partial charge on any atom is -0.440 e. The van der Waals surface area contributed by atoms with Crippen LogP contribution in [0.4, 0.5) is 5.13 Å². The summed E-state index contributed by atoms with van der Waals surface area (Å²) in [6, 6.07) is 9.89. The third-order valence-electron chi connectivity index (χ3n) is 4.95. The second kappa shape index (κ2) is 8.67. The Morgan fingerprint density at radius 1 is 1.29 bits per heavy atom. The normalized spacial score (nSPS) is 14.9. The van der Waals surface area contributed by atoms with Crippen LogP contribution >= 0.6 is 11.3 Å². The number of carbonyl (C=O) groups is 1. The van der Waals surface area contributed by atoms with Gasteiger partial charge in [-0.15, -0.1) is 11.3 Å². The number of thiazole rings is 1. The number of amides is 1. The molecule has 0 atom stereocenters. The number of oxazole rings is 1. The third kappa shape index (κ3) is 4.48. The lowest BCUT2D eigenvalue weighted by Gasteiger charge is -2.20. The average Bonchev–Trinajstić information content (AvgIpc) is 3.34. The molecule has 0 bridgehead atoms. The largest absolute Gasteiger partial charge is 0.440 e. The predicted octanol–water partition coefficient (Wildman–Crippen LogP) is 4.14. The number of carbonyl (C=O) groups excluding carboxylic acids is 1. The Morgan fingerprint density at radius 3 is 2.86 bits per heavy atom. The van der Waals surface area contributed by atoms with Crippen LogP contribution in [-0.4, -0.2) is 29.0 Å². The van der Waals surface area contributed by atoms with Gasteiger partial charge in [-0.2, -0.15) is 0 Å². The highest BCUT2D eigenvalue weighted by atomic mass is 32.1. The van der Waals surface area contributed by atoms with Crippen molar-refractivity contribution in [1.29, 1.82) is 0 Å². The molecule has 3 aromatic rings. The van der Waals surface area contributed by atoms with E-state index in [0.717, 1.165) is 42.9 Å². The number of benzene rings is 1. The summed E-state index contributed by atoms with van der Waals surface area (Å²) in [5.41, 5.74) is 1.84. The zero-order valence-electron chi connectivity index (χ0n) is 15.9. The van der Waals surface area contributed by atoms with Gasteiger partial charge in [-0.1, -0.05) is 30.3 Å². The lowest BCUT2D eigenvalue weighted by atomic mass is 9.97. The lowest BCUT2D eigenvalue weighted by molar-refractivity contribution is -0.116. The zero-order chi connectivity index (χ0) is 19.3. The van der Waals surface area contributed by atoms with Crippen molar-refractivity contribution < 1.29 is 9.21 Å². The van der Waals surface area contributed by atoms with Crippen LogP contribution in [0.1, 0.15) is 41.6 Å². The van der Waals surface area contributed by atoms with Crippen LogP contribution < -0.4 is 10.6 Å². The summed E-state index contributed by atoms with van der Waals surface area (Å²) in [5, 5.41) is 6.95. The minimum atomic E-state index is -0.0664. The van der Waals surface area contributed by atoms with Gasteiger partial charge in [-0.05, 0) is 38.8 Å². The van der Waals surface area contributed by atoms with Crippen molar-refractivity contribution in [3.63, 3.8) is 0 Å². The number of anilines is 1. The van der Waals surface area contributed by atoms with E-state index in [1.165, 1.54) is 4.88 Å². The second-order valence-corrected chi connectivity index (χ2v) is 8.09. The van der Waals surface area contributed by atoms with Gasteiger partial charge in [0.1, 0.15) is 0 Å². The van der Waals surface area contributed by atoms with E-state index in [-0.39, 0.29) is 5.91 Å². The molecule has 0 radical (unpaired) electrons. The first-order chi connectivity index (χ1) is 13.7. The molecular weight excluding hydrogens is 372 g/mol. The summed E-state index contributed by atoms with van der Waals surface area (Å²) in [6.07, 6.45) is 4.94. The van der Waals surface area contributed by atoms with Gasteiger partial charge in [-0.25, -0.2) is 9.97 Å². The van der Waals surface area contributed by atoms with E-state index in [0.29, 0.717) is 29.8 Å². The number of rotatable bonds is 6. The van der Waals surface area contributed by atoms with Crippen molar-refractivity contribution in [2.24, 2.45) is 0 Å². The maximum atomic E-state index is 12.3. The molecule has 0 aliphatic carbocycles. The van der Waals surface area contributed by atoms with E-state index in [9.17, 15) is 4.79 Å². The summed E-state index contributed by atoms with van der Waals surface area (Å²) in [5.74, 6) is 1.84. The molecule has 3 heterocycles. The van der Waals surface area contributed by atoms with E-state index in [2.05, 4.69) is 20.6 Å². The van der Waals surface area contributed by atoms with E-state index in [1.807, 2.05) is 43.5 Å². The number of nitrogens with one attached hydrogen (secondary N) is 2. The summed E-state index contributed by atoms with van der Waals surface area (Å²) in [6.45, 7) is 4.02. The molecular formula is C21H24N4O2S. The highest BCUT2D eigenvalue weighted by Crippen LogP contribution is 2.31. The SMILES string of the molecule is Cc1nc(CCC(=O)Nc2ncc(C3CCNCC3)s2)oc1-c1ccccc1. The number of aromatic nitrogens is 2. The zero-order valence-corrected chi connectivity index (χ0v) is 16.7. The van der Waals surface area contributed by atoms with Gasteiger partial charge < -0.3 is 15.1 Å². The molecule has 28 heavy (non-hydrogen) atoms. The molecule has 1 aliphatic rings. The van der Waals surface area contributed by atoms with Gasteiger partial charge in [-0.3, -0.25) is 4.79 Å². The fourth-order valence-corrected chi connectivity index (χ4v) is 4.46. The number of piperidine rings is 1. The maximum Gasteiger partial charge on any atom is 0.226 e. The fourth-order valence-electron chi connectivity index (χ4n) is 3.46. The molecule has 1 saturated heterocycles. The molecule has 6 nitrogen and oxygen atoms in total. The lowest BCUT2D eigenvalue weighted by Crippen LogP contribution is -2.26. The average molecular weight is 397 g/mol. The summed E-state index contributed by atoms with van der Waals surface area (Å²) >= 11 is 1.58. The molecule has 1 aromatic carbocycles. The summed E-state index contributed by atoms with van der Waals surface area (Å²) in [4.78, 5) is 22.4. The van der Waals surface area contributed by atoms with Crippen LogP contribution in [-0.2, 0) is 11.2 Å². The molecule has 0 spiro atoms. The third-order valence-corrected chi connectivity index (χ3v) is 6.03. The van der Waals surface area contributed by atoms with E-state index < -0.39 is 0 Å². The molecule has 1 aliphatic heterocycles. The van der Waals surface area contributed by atoms with Gasteiger partial charge in [0.15, 0.2) is 16.8 Å². The van der Waals surface area contributed by atoms with Gasteiger partial charge in [0, 0.05) is 29.5 Å². The molecule has 4 rings (SSSR count). The Morgan fingerprint density at radius 2 is 2.07 bits per heavy atom. The van der Waals surface area contributed by atoms with Crippen LogP contribution in [0.3, 0.4) is 0 Å². The Bertz CT molecular complexity index is 929. The van der Waals surface area contributed by atoms with Crippen molar-refractivity contribution in [3.8, 4) is 11.3 Å². The van der Waals surface area contributed by atoms with Gasteiger partial charge in [0.2, 0.25) is 5.91 Å². The molecule has 7 heteroatoms. The number of aryl methyl sites for hydroxylation is 2. The van der Waals surface area contributed by atoms with Crippen molar-refractivity contribution in [2.45, 2.75) is 38.5 Å². The first-order valence-corrected chi connectivity index (χ1v) is 10.5. The van der Waals surface area contributed by atoms with Gasteiger partial charge in [0.05, 0.1) is 5.69 Å². The molecule has 0 unspecified atom stereocenters. The number of nitrogens with zero attached hydrogens (tertiary/aromatic N) is 2. The summed E-state index contributed by atoms with van der Waals surface area (Å²) in [7, 11) is 0. The van der Waals surface area contributed by atoms with Crippen LogP contribution in [0.5, 0.6) is 0 Å². The van der Waals surface area contributed by atoms with Crippen LogP contribution in [0.15, 0.2) is 40.9 Å². The smallest absolute Gasteiger partial charge is 0.226 e. The quantitative estimate of drug-likeness (QED) is 0.654. The molecule has 0 saturated carbocycles. The van der Waals surface area contributed by atoms with Crippen LogP contribution in [0, 0.1) is 6.92 Å². The molecule has 146 valence electrons. The standard InChI is InChI=1S/C21H24N4O2S/c1-14-20(16-5-3-2-4-6-16)27-19(24-14)8-7-18(26)25-21-23-13-17(28-21)15-9-11-22-12-10-15/h2-6,13,15,22H,7-12H2,1H3,(H,23,25,26). The molecule has 2 aromatic heterocycles. The van der Waals surface area contributed by atoms with Gasteiger partial charge in [0.25, 0.3) is 0 Å². The minimum absolute atomic E-state index is 0.0664. The monoisotopic (exact) mass is 396 g/mol. The van der Waals surface area contributed by atoms with Crippen molar-refractivity contribution in [3.05, 3.63) is 53.0 Å². The van der Waals surface area contributed by atoms with E-state index >= 15 is 0 Å². The Balaban J connectivity index is 1.32. The first-order valence-electron chi connectivity index (χ1n) is 9.67. The highest BCUT2D eigenvalue weighted by molar-refractivity contribution is 7.15. The van der Waals surface area contributed by atoms with Crippen molar-refractivity contribution in [1.82, 2.24) is 15.3 Å². The van der Waals surface area contributed by atoms with E-state index in [1.54, 1.807) is 11.3 Å². The molecule has 1 amide bonds. The topological polar surface area (TPSA) is 80.0 Å². The molecule has 1 fully saturated rings. The fraction of sp³-hybridized carbons (Fsp3) is 0.381. The van der Waals surface area contributed by atoms with Crippen molar-refractivity contribution in [2.75, 3.05) is 18.4 Å². The Hall–Kier alpha value is -2.51. The molecule has 2 N–H and O–H groups in total. The second-order valence-electron chi connectivity index (χ2n) is 7.03. The summed E-state index contributed by atoms with van der Waals surface area (Å²) < 4.78 is 5.87. The van der Waals surface area contributed by atoms with Crippen LogP contribution in [0.25, 0.3) is 11.3 Å². The van der Waals surface area contributed by atoms with E-state index in [4.69, 9.17) is 4.42 Å². The first kappa shape index (κ1) is 18.8. The number of hydrogen-bond acceptors (Lipinski definition) is 6. The Kier molecular flexibility index (Phi) is 5.83. The predicted molar refractivity (Wildman–Crippen MR) is 111 cm³/mol. The Labute approximate surface area is 168 Å². The van der Waals surface area contributed by atoms with Crippen molar-refractivity contribution >= 4 is 22.4 Å². The highest BCUT2D eigenvalue weighted by Gasteiger charge is 2.19.